The van der Waals surface area contributed by atoms with Gasteiger partial charge in [0.15, 0.2) is 0 Å². The Morgan fingerprint density at radius 2 is 1.83 bits per heavy atom. The number of hydrogen-bond acceptors (Lipinski definition) is 3. The summed E-state index contributed by atoms with van der Waals surface area (Å²) in [6, 6.07) is 17.4. The van der Waals surface area contributed by atoms with Crippen LogP contribution in [0.2, 0.25) is 0 Å². The largest absolute Gasteiger partial charge is 0.245 e. The van der Waals surface area contributed by atoms with Gasteiger partial charge in [-0.25, -0.2) is 4.98 Å². The first kappa shape index (κ1) is 16.3. The SMILES string of the molecule is CCc1ccccc1SCc1csc(Cc2ccc(C)cc2)n1. The van der Waals surface area contributed by atoms with Crippen molar-refractivity contribution in [3.8, 4) is 0 Å². The number of thioether (sulfide) groups is 1. The molecule has 3 aromatic rings. The lowest BCUT2D eigenvalue weighted by atomic mass is 10.1. The summed E-state index contributed by atoms with van der Waals surface area (Å²) in [7, 11) is 0. The second-order valence-corrected chi connectivity index (χ2v) is 7.60. The van der Waals surface area contributed by atoms with Crippen LogP contribution in [-0.4, -0.2) is 4.98 Å². The van der Waals surface area contributed by atoms with E-state index < -0.39 is 0 Å². The number of nitrogens with zero attached hydrogens (tertiary/aromatic N) is 1. The molecule has 1 heterocycles. The van der Waals surface area contributed by atoms with E-state index >= 15 is 0 Å². The predicted molar refractivity (Wildman–Crippen MR) is 101 cm³/mol. The van der Waals surface area contributed by atoms with Gasteiger partial charge in [-0.2, -0.15) is 0 Å². The Labute approximate surface area is 146 Å². The van der Waals surface area contributed by atoms with Crippen LogP contribution in [0.4, 0.5) is 0 Å². The van der Waals surface area contributed by atoms with Crippen molar-refractivity contribution in [1.82, 2.24) is 4.98 Å². The van der Waals surface area contributed by atoms with Crippen LogP contribution in [-0.2, 0) is 18.6 Å². The van der Waals surface area contributed by atoms with E-state index in [1.165, 1.54) is 32.3 Å². The van der Waals surface area contributed by atoms with Crippen molar-refractivity contribution < 1.29 is 0 Å². The first-order valence-corrected chi connectivity index (χ1v) is 9.80. The van der Waals surface area contributed by atoms with Gasteiger partial charge in [0.25, 0.3) is 0 Å². The predicted octanol–water partition coefficient (Wildman–Crippen LogP) is 5.90. The van der Waals surface area contributed by atoms with Crippen molar-refractivity contribution in [2.45, 2.75) is 37.3 Å². The van der Waals surface area contributed by atoms with Crippen molar-refractivity contribution in [3.63, 3.8) is 0 Å². The number of hydrogen-bond donors (Lipinski definition) is 0. The van der Waals surface area contributed by atoms with Crippen LogP contribution in [0.3, 0.4) is 0 Å². The molecule has 0 bridgehead atoms. The maximum absolute atomic E-state index is 4.80. The van der Waals surface area contributed by atoms with Gasteiger partial charge in [-0.3, -0.25) is 0 Å². The molecule has 0 saturated heterocycles. The summed E-state index contributed by atoms with van der Waals surface area (Å²) in [4.78, 5) is 6.17. The Morgan fingerprint density at radius 3 is 2.61 bits per heavy atom. The van der Waals surface area contributed by atoms with E-state index in [1.54, 1.807) is 11.3 Å². The molecule has 0 atom stereocenters. The smallest absolute Gasteiger partial charge is 0.0972 e. The second kappa shape index (κ2) is 7.80. The normalized spacial score (nSPS) is 10.9. The molecule has 0 spiro atoms. The van der Waals surface area contributed by atoms with Crippen molar-refractivity contribution in [2.75, 3.05) is 0 Å². The van der Waals surface area contributed by atoms with Gasteiger partial charge in [0.05, 0.1) is 10.7 Å². The van der Waals surface area contributed by atoms with E-state index in [4.69, 9.17) is 4.98 Å². The minimum atomic E-state index is 0.932. The number of aryl methyl sites for hydroxylation is 2. The van der Waals surface area contributed by atoms with Crippen LogP contribution in [0.25, 0.3) is 0 Å². The highest BCUT2D eigenvalue weighted by Crippen LogP contribution is 2.27. The highest BCUT2D eigenvalue weighted by molar-refractivity contribution is 7.98. The molecular formula is C20H21NS2. The Morgan fingerprint density at radius 1 is 1.04 bits per heavy atom. The lowest BCUT2D eigenvalue weighted by Gasteiger charge is -2.05. The Kier molecular flexibility index (Phi) is 5.52. The zero-order chi connectivity index (χ0) is 16.1. The van der Waals surface area contributed by atoms with Gasteiger partial charge in [0, 0.05) is 22.4 Å². The molecule has 3 rings (SSSR count). The van der Waals surface area contributed by atoms with Crippen LogP contribution in [0.15, 0.2) is 58.8 Å². The zero-order valence-corrected chi connectivity index (χ0v) is 15.2. The molecule has 0 fully saturated rings. The minimum absolute atomic E-state index is 0.932. The standard InChI is InChI=1S/C20H21NS2/c1-3-17-6-4-5-7-19(17)22-13-18-14-23-20(21-18)12-16-10-8-15(2)9-11-16/h4-11,14H,3,12-13H2,1-2H3. The molecule has 0 aliphatic rings. The number of thiazole rings is 1. The maximum Gasteiger partial charge on any atom is 0.0972 e. The lowest BCUT2D eigenvalue weighted by Crippen LogP contribution is -1.89. The van der Waals surface area contributed by atoms with Crippen LogP contribution < -0.4 is 0 Å². The van der Waals surface area contributed by atoms with Crippen LogP contribution in [0, 0.1) is 6.92 Å². The van der Waals surface area contributed by atoms with E-state index in [0.717, 1.165) is 18.6 Å². The van der Waals surface area contributed by atoms with Crippen molar-refractivity contribution in [3.05, 3.63) is 81.3 Å². The van der Waals surface area contributed by atoms with E-state index in [2.05, 4.69) is 67.8 Å². The summed E-state index contributed by atoms with van der Waals surface area (Å²) >= 11 is 3.66. The monoisotopic (exact) mass is 339 g/mol. The number of benzene rings is 2. The van der Waals surface area contributed by atoms with Gasteiger partial charge in [0.1, 0.15) is 0 Å². The molecule has 0 aliphatic carbocycles. The van der Waals surface area contributed by atoms with Gasteiger partial charge < -0.3 is 0 Å². The molecule has 0 saturated carbocycles. The quantitative estimate of drug-likeness (QED) is 0.519. The van der Waals surface area contributed by atoms with Crippen LogP contribution in [0.1, 0.15) is 34.3 Å². The first-order chi connectivity index (χ1) is 11.2. The average molecular weight is 340 g/mol. The van der Waals surface area contributed by atoms with Crippen molar-refractivity contribution >= 4 is 23.1 Å². The molecule has 1 nitrogen and oxygen atoms in total. The summed E-state index contributed by atoms with van der Waals surface area (Å²) in [5.74, 6) is 0.946. The van der Waals surface area contributed by atoms with Gasteiger partial charge in [-0.15, -0.1) is 23.1 Å². The van der Waals surface area contributed by atoms with Crippen molar-refractivity contribution in [1.29, 1.82) is 0 Å². The topological polar surface area (TPSA) is 12.9 Å². The third kappa shape index (κ3) is 4.46. The Hall–Kier alpha value is -1.58. The molecule has 23 heavy (non-hydrogen) atoms. The van der Waals surface area contributed by atoms with Gasteiger partial charge in [0.2, 0.25) is 0 Å². The second-order valence-electron chi connectivity index (χ2n) is 5.64. The summed E-state index contributed by atoms with van der Waals surface area (Å²) in [6.07, 6.45) is 2.01. The molecule has 0 N–H and O–H groups in total. The molecule has 2 aromatic carbocycles. The number of aromatic nitrogens is 1. The molecule has 1 aromatic heterocycles. The van der Waals surface area contributed by atoms with E-state index in [-0.39, 0.29) is 0 Å². The fourth-order valence-electron chi connectivity index (χ4n) is 2.47. The van der Waals surface area contributed by atoms with Crippen molar-refractivity contribution in [2.24, 2.45) is 0 Å². The average Bonchev–Trinajstić information content (AvgIpc) is 3.03. The fourth-order valence-corrected chi connectivity index (χ4v) is 4.42. The van der Waals surface area contributed by atoms with E-state index in [0.29, 0.717) is 0 Å². The van der Waals surface area contributed by atoms with Gasteiger partial charge >= 0.3 is 0 Å². The lowest BCUT2D eigenvalue weighted by molar-refractivity contribution is 1.07. The Bertz CT molecular complexity index is 759. The number of rotatable bonds is 6. The summed E-state index contributed by atoms with van der Waals surface area (Å²) in [5.41, 5.74) is 5.25. The molecule has 0 radical (unpaired) electrons. The highest BCUT2D eigenvalue weighted by atomic mass is 32.2. The zero-order valence-electron chi connectivity index (χ0n) is 13.6. The van der Waals surface area contributed by atoms with Crippen LogP contribution >= 0.6 is 23.1 Å². The molecule has 0 unspecified atom stereocenters. The van der Waals surface area contributed by atoms with Crippen LogP contribution in [0.5, 0.6) is 0 Å². The molecular weight excluding hydrogens is 318 g/mol. The van der Waals surface area contributed by atoms with E-state index in [1.807, 2.05) is 11.8 Å². The molecule has 118 valence electrons. The molecule has 0 aliphatic heterocycles. The van der Waals surface area contributed by atoms with E-state index in [9.17, 15) is 0 Å². The summed E-state index contributed by atoms with van der Waals surface area (Å²) < 4.78 is 0. The van der Waals surface area contributed by atoms with Gasteiger partial charge in [-0.1, -0.05) is 55.0 Å². The molecule has 0 amide bonds. The summed E-state index contributed by atoms with van der Waals surface area (Å²) in [6.45, 7) is 4.33. The maximum atomic E-state index is 4.80. The fraction of sp³-hybridized carbons (Fsp3) is 0.250. The van der Waals surface area contributed by atoms with Gasteiger partial charge in [-0.05, 0) is 30.5 Å². The Balaban J connectivity index is 1.62. The third-order valence-electron chi connectivity index (χ3n) is 3.80. The minimum Gasteiger partial charge on any atom is -0.245 e. The summed E-state index contributed by atoms with van der Waals surface area (Å²) in [5, 5.41) is 3.40. The third-order valence-corrected chi connectivity index (χ3v) is 5.85. The highest BCUT2D eigenvalue weighted by Gasteiger charge is 2.06. The first-order valence-electron chi connectivity index (χ1n) is 7.94. The molecule has 3 heteroatoms.